The lowest BCUT2D eigenvalue weighted by molar-refractivity contribution is -0.120. The summed E-state index contributed by atoms with van der Waals surface area (Å²) < 4.78 is 25.9. The smallest absolute Gasteiger partial charge is 0.251 e. The van der Waals surface area contributed by atoms with Crippen molar-refractivity contribution >= 4 is 21.8 Å². The molecule has 0 aliphatic rings. The largest absolute Gasteiger partial charge is 0.350 e. The summed E-state index contributed by atoms with van der Waals surface area (Å²) in [5.74, 6) is -0.757. The van der Waals surface area contributed by atoms with Crippen molar-refractivity contribution < 1.29 is 18.0 Å². The van der Waals surface area contributed by atoms with E-state index in [0.29, 0.717) is 11.1 Å². The van der Waals surface area contributed by atoms with Crippen molar-refractivity contribution in [1.82, 2.24) is 14.9 Å². The molecule has 2 N–H and O–H groups in total. The fraction of sp³-hybridized carbons (Fsp3) is 0.364. The van der Waals surface area contributed by atoms with E-state index < -0.39 is 15.9 Å². The van der Waals surface area contributed by atoms with Crippen molar-refractivity contribution in [2.24, 2.45) is 0 Å². The molecule has 0 fully saturated rings. The Balaban J connectivity index is 1.94. The third-order valence-corrected chi connectivity index (χ3v) is 6.55. The molecule has 0 spiro atoms. The third kappa shape index (κ3) is 5.90. The van der Waals surface area contributed by atoms with Gasteiger partial charge < -0.3 is 10.6 Å². The van der Waals surface area contributed by atoms with Crippen LogP contribution in [0, 0.1) is 0 Å². The molecule has 0 atom stereocenters. The van der Waals surface area contributed by atoms with Crippen LogP contribution in [-0.2, 0) is 26.8 Å². The minimum absolute atomic E-state index is 0.00868. The highest BCUT2D eigenvalue weighted by Crippen LogP contribution is 2.22. The van der Waals surface area contributed by atoms with Crippen LogP contribution >= 0.6 is 0 Å². The molecule has 162 valence electrons. The van der Waals surface area contributed by atoms with E-state index in [4.69, 9.17) is 0 Å². The van der Waals surface area contributed by atoms with E-state index in [2.05, 4.69) is 31.4 Å². The minimum Gasteiger partial charge on any atom is -0.350 e. The number of rotatable bonds is 7. The number of hydrogen-bond acceptors (Lipinski definition) is 4. The molecule has 0 aliphatic heterocycles. The van der Waals surface area contributed by atoms with Gasteiger partial charge >= 0.3 is 0 Å². The van der Waals surface area contributed by atoms with Crippen LogP contribution in [0.25, 0.3) is 0 Å². The number of amides is 2. The maximum Gasteiger partial charge on any atom is 0.251 e. The normalized spacial score (nSPS) is 11.9. The Labute approximate surface area is 178 Å². The molecule has 0 saturated heterocycles. The molecule has 0 heterocycles. The Hall–Kier alpha value is -2.71. The van der Waals surface area contributed by atoms with Crippen molar-refractivity contribution in [2.45, 2.75) is 37.6 Å². The highest BCUT2D eigenvalue weighted by Gasteiger charge is 2.21. The Kier molecular flexibility index (Phi) is 7.39. The maximum atomic E-state index is 12.4. The average molecular weight is 432 g/mol. The number of carbonyl (C=O) groups is 2. The Morgan fingerprint density at radius 2 is 1.53 bits per heavy atom. The second-order valence-electron chi connectivity index (χ2n) is 8.18. The highest BCUT2D eigenvalue weighted by atomic mass is 32.2. The molecule has 0 radical (unpaired) electrons. The number of hydrogen-bond donors (Lipinski definition) is 2. The van der Waals surface area contributed by atoms with Gasteiger partial charge in [-0.15, -0.1) is 0 Å². The van der Waals surface area contributed by atoms with Crippen molar-refractivity contribution in [3.63, 3.8) is 0 Å². The summed E-state index contributed by atoms with van der Waals surface area (Å²) in [7, 11) is -0.714. The molecule has 0 bridgehead atoms. The Morgan fingerprint density at radius 3 is 2.10 bits per heavy atom. The SMILES string of the molecule is CN(C)S(=O)(=O)c1ccccc1CNC(=O)CNC(=O)c1ccc(C(C)(C)C)cc1. The molecule has 0 saturated carbocycles. The van der Waals surface area contributed by atoms with Gasteiger partial charge in [0.05, 0.1) is 11.4 Å². The third-order valence-electron chi connectivity index (χ3n) is 4.63. The molecular weight excluding hydrogens is 402 g/mol. The van der Waals surface area contributed by atoms with E-state index in [1.165, 1.54) is 20.2 Å². The lowest BCUT2D eigenvalue weighted by Crippen LogP contribution is -2.37. The number of carbonyl (C=O) groups excluding carboxylic acids is 2. The second kappa shape index (κ2) is 9.40. The Bertz CT molecular complexity index is 1010. The van der Waals surface area contributed by atoms with Gasteiger partial charge in [0, 0.05) is 26.2 Å². The van der Waals surface area contributed by atoms with Crippen LogP contribution in [0.3, 0.4) is 0 Å². The first-order chi connectivity index (χ1) is 13.9. The maximum absolute atomic E-state index is 12.4. The van der Waals surface area contributed by atoms with Gasteiger partial charge in [-0.05, 0) is 34.7 Å². The van der Waals surface area contributed by atoms with Gasteiger partial charge in [-0.3, -0.25) is 9.59 Å². The molecule has 30 heavy (non-hydrogen) atoms. The van der Waals surface area contributed by atoms with E-state index in [0.717, 1.165) is 9.87 Å². The van der Waals surface area contributed by atoms with Crippen molar-refractivity contribution in [1.29, 1.82) is 0 Å². The summed E-state index contributed by atoms with van der Waals surface area (Å²) in [6.45, 7) is 6.11. The number of nitrogens with zero attached hydrogens (tertiary/aromatic N) is 1. The standard InChI is InChI=1S/C22H29N3O4S/c1-22(2,3)18-12-10-16(11-13-18)21(27)24-15-20(26)23-14-17-8-6-7-9-19(17)30(28,29)25(4)5/h6-13H,14-15H2,1-5H3,(H,23,26)(H,24,27). The molecule has 2 aromatic rings. The number of benzene rings is 2. The molecule has 0 aliphatic carbocycles. The van der Waals surface area contributed by atoms with Gasteiger partial charge in [0.2, 0.25) is 15.9 Å². The van der Waals surface area contributed by atoms with Crippen LogP contribution in [0.5, 0.6) is 0 Å². The second-order valence-corrected chi connectivity index (χ2v) is 10.3. The molecule has 8 heteroatoms. The zero-order chi connectivity index (χ0) is 22.5. The van der Waals surface area contributed by atoms with Gasteiger partial charge in [-0.1, -0.05) is 51.1 Å². The van der Waals surface area contributed by atoms with E-state index in [1.807, 2.05) is 12.1 Å². The Morgan fingerprint density at radius 1 is 0.933 bits per heavy atom. The highest BCUT2D eigenvalue weighted by molar-refractivity contribution is 7.89. The molecule has 7 nitrogen and oxygen atoms in total. The lowest BCUT2D eigenvalue weighted by Gasteiger charge is -2.19. The zero-order valence-electron chi connectivity index (χ0n) is 18.0. The van der Waals surface area contributed by atoms with Crippen LogP contribution in [0.4, 0.5) is 0 Å². The fourth-order valence-electron chi connectivity index (χ4n) is 2.74. The van der Waals surface area contributed by atoms with Crippen molar-refractivity contribution in [3.05, 3.63) is 65.2 Å². The van der Waals surface area contributed by atoms with Crippen LogP contribution in [-0.4, -0.2) is 45.2 Å². The van der Waals surface area contributed by atoms with Crippen LogP contribution in [0.2, 0.25) is 0 Å². The summed E-state index contributed by atoms with van der Waals surface area (Å²) >= 11 is 0. The van der Waals surface area contributed by atoms with Crippen LogP contribution in [0.1, 0.15) is 42.3 Å². The predicted octanol–water partition coefficient (Wildman–Crippen LogP) is 2.28. The number of nitrogens with one attached hydrogen (secondary N) is 2. The zero-order valence-corrected chi connectivity index (χ0v) is 18.8. The molecule has 2 amide bonds. The first kappa shape index (κ1) is 23.6. The summed E-state index contributed by atoms with van der Waals surface area (Å²) in [6.07, 6.45) is 0. The van der Waals surface area contributed by atoms with Crippen molar-refractivity contribution in [2.75, 3.05) is 20.6 Å². The number of sulfonamides is 1. The lowest BCUT2D eigenvalue weighted by atomic mass is 9.87. The average Bonchev–Trinajstić information content (AvgIpc) is 2.70. The monoisotopic (exact) mass is 431 g/mol. The van der Waals surface area contributed by atoms with Gasteiger partial charge in [-0.25, -0.2) is 12.7 Å². The quantitative estimate of drug-likeness (QED) is 0.703. The van der Waals surface area contributed by atoms with E-state index >= 15 is 0 Å². The molecular formula is C22H29N3O4S. The van der Waals surface area contributed by atoms with Crippen molar-refractivity contribution in [3.8, 4) is 0 Å². The first-order valence-corrected chi connectivity index (χ1v) is 11.0. The topological polar surface area (TPSA) is 95.6 Å². The van der Waals surface area contributed by atoms with Crippen LogP contribution < -0.4 is 10.6 Å². The van der Waals surface area contributed by atoms with Gasteiger partial charge in [0.1, 0.15) is 0 Å². The predicted molar refractivity (Wildman–Crippen MR) is 117 cm³/mol. The van der Waals surface area contributed by atoms with Crippen LogP contribution in [0.15, 0.2) is 53.4 Å². The summed E-state index contributed by atoms with van der Waals surface area (Å²) in [4.78, 5) is 24.6. The molecule has 0 unspecified atom stereocenters. The van der Waals surface area contributed by atoms with Gasteiger partial charge in [0.15, 0.2) is 0 Å². The van der Waals surface area contributed by atoms with Gasteiger partial charge in [-0.2, -0.15) is 0 Å². The summed E-state index contributed by atoms with van der Waals surface area (Å²) in [5.41, 5.74) is 2.05. The molecule has 0 aromatic heterocycles. The summed E-state index contributed by atoms with van der Waals surface area (Å²) in [6, 6.07) is 13.7. The van der Waals surface area contributed by atoms with E-state index in [9.17, 15) is 18.0 Å². The summed E-state index contributed by atoms with van der Waals surface area (Å²) in [5, 5.41) is 5.23. The van der Waals surface area contributed by atoms with Gasteiger partial charge in [0.25, 0.3) is 5.91 Å². The molecule has 2 rings (SSSR count). The first-order valence-electron chi connectivity index (χ1n) is 9.59. The van der Waals surface area contributed by atoms with E-state index in [-0.39, 0.29) is 29.3 Å². The minimum atomic E-state index is -3.62. The molecule has 2 aromatic carbocycles. The van der Waals surface area contributed by atoms with E-state index in [1.54, 1.807) is 30.3 Å². The fourth-order valence-corrected chi connectivity index (χ4v) is 3.85.